The monoisotopic (exact) mass is 410 g/mol. The van der Waals surface area contributed by atoms with E-state index in [2.05, 4.69) is 5.32 Å². The summed E-state index contributed by atoms with van der Waals surface area (Å²) in [5.41, 5.74) is 6.07. The van der Waals surface area contributed by atoms with Crippen molar-refractivity contribution in [2.24, 2.45) is 0 Å². The lowest BCUT2D eigenvalue weighted by atomic mass is 10.1. The summed E-state index contributed by atoms with van der Waals surface area (Å²) in [4.78, 5) is -0.923. The molecule has 3 aromatic rings. The highest BCUT2D eigenvalue weighted by Gasteiger charge is 2.17. The minimum absolute atomic E-state index is 0.0428. The number of nitrogen functional groups attached to an aromatic ring is 1. The van der Waals surface area contributed by atoms with Crippen LogP contribution in [0.2, 0.25) is 0 Å². The highest BCUT2D eigenvalue weighted by Crippen LogP contribution is 2.33. The van der Waals surface area contributed by atoms with Gasteiger partial charge in [-0.05, 0) is 47.9 Å². The van der Waals surface area contributed by atoms with Crippen molar-refractivity contribution in [3.8, 4) is 5.75 Å². The minimum Gasteiger partial charge on any atom is -0.507 e. The second kappa shape index (κ2) is 6.39. The Morgan fingerprint density at radius 2 is 1.56 bits per heavy atom. The Bertz CT molecular complexity index is 1270. The van der Waals surface area contributed by atoms with E-state index in [-0.39, 0.29) is 22.5 Å². The van der Waals surface area contributed by atoms with Crippen molar-refractivity contribution in [1.29, 1.82) is 0 Å². The van der Waals surface area contributed by atoms with Gasteiger partial charge in [0.1, 0.15) is 10.6 Å². The van der Waals surface area contributed by atoms with Crippen LogP contribution in [0.4, 0.5) is 17.1 Å². The highest BCUT2D eigenvalue weighted by molar-refractivity contribution is 7.86. The van der Waals surface area contributed by atoms with E-state index in [0.717, 1.165) is 18.2 Å². The van der Waals surface area contributed by atoms with Crippen molar-refractivity contribution in [3.05, 3.63) is 48.5 Å². The van der Waals surface area contributed by atoms with Crippen molar-refractivity contribution >= 4 is 48.1 Å². The third-order valence-corrected chi connectivity index (χ3v) is 5.49. The smallest absolute Gasteiger partial charge is 0.296 e. The molecule has 0 atom stereocenters. The molecular weight excluding hydrogens is 396 g/mol. The molecule has 11 heteroatoms. The van der Waals surface area contributed by atoms with Gasteiger partial charge in [0, 0.05) is 22.8 Å². The Hall–Kier alpha value is -2.86. The molecule has 3 rings (SSSR count). The van der Waals surface area contributed by atoms with Crippen LogP contribution in [0.25, 0.3) is 10.8 Å². The standard InChI is InChI=1S/C16H14N2O7S2/c17-10-1-4-14(16(7-10)27(23,24)25)18-11-2-3-13-9(5-11)6-12(8-15(13)19)26(20,21)22/h1-8,18-19H,17H2,(H,20,21,22)(H,23,24,25). The molecule has 0 radical (unpaired) electrons. The first-order chi connectivity index (χ1) is 12.4. The topological polar surface area (TPSA) is 167 Å². The van der Waals surface area contributed by atoms with E-state index >= 15 is 0 Å². The zero-order chi connectivity index (χ0) is 20.0. The number of anilines is 3. The largest absolute Gasteiger partial charge is 0.507 e. The molecule has 0 aliphatic rings. The Balaban J connectivity index is 2.12. The van der Waals surface area contributed by atoms with Crippen LogP contribution in [-0.2, 0) is 20.2 Å². The van der Waals surface area contributed by atoms with Gasteiger partial charge in [0.25, 0.3) is 20.2 Å². The Morgan fingerprint density at radius 3 is 2.19 bits per heavy atom. The number of phenols is 1. The summed E-state index contributed by atoms with van der Waals surface area (Å²) in [5, 5.41) is 13.3. The van der Waals surface area contributed by atoms with Crippen LogP contribution in [-0.4, -0.2) is 31.0 Å². The third kappa shape index (κ3) is 3.95. The van der Waals surface area contributed by atoms with E-state index in [9.17, 15) is 26.5 Å². The summed E-state index contributed by atoms with van der Waals surface area (Å²) in [5.74, 6) is -0.349. The molecule has 0 aromatic heterocycles. The molecule has 27 heavy (non-hydrogen) atoms. The molecule has 3 aromatic carbocycles. The minimum atomic E-state index is -4.55. The van der Waals surface area contributed by atoms with Crippen molar-refractivity contribution in [2.45, 2.75) is 9.79 Å². The second-order valence-electron chi connectivity index (χ2n) is 5.71. The van der Waals surface area contributed by atoms with Gasteiger partial charge in [-0.25, -0.2) is 0 Å². The second-order valence-corrected chi connectivity index (χ2v) is 8.52. The molecule has 0 aliphatic carbocycles. The molecule has 6 N–H and O–H groups in total. The number of hydrogen-bond acceptors (Lipinski definition) is 7. The maximum absolute atomic E-state index is 11.5. The van der Waals surface area contributed by atoms with Crippen LogP contribution in [0.15, 0.2) is 58.3 Å². The molecular formula is C16H14N2O7S2. The van der Waals surface area contributed by atoms with E-state index in [1.54, 1.807) is 0 Å². The summed E-state index contributed by atoms with van der Waals surface area (Å²) in [6, 6.07) is 10.4. The van der Waals surface area contributed by atoms with Crippen LogP contribution >= 0.6 is 0 Å². The first kappa shape index (κ1) is 18.9. The Labute approximate surface area is 154 Å². The van der Waals surface area contributed by atoms with Crippen LogP contribution in [0.3, 0.4) is 0 Å². The average molecular weight is 410 g/mol. The Kier molecular flexibility index (Phi) is 4.48. The summed E-state index contributed by atoms with van der Waals surface area (Å²) in [7, 11) is -9.07. The van der Waals surface area contributed by atoms with Crippen LogP contribution < -0.4 is 11.1 Å². The van der Waals surface area contributed by atoms with Crippen molar-refractivity contribution in [3.63, 3.8) is 0 Å². The van der Waals surface area contributed by atoms with E-state index in [1.165, 1.54) is 30.3 Å². The van der Waals surface area contributed by atoms with Crippen LogP contribution in [0.1, 0.15) is 0 Å². The third-order valence-electron chi connectivity index (χ3n) is 3.76. The summed E-state index contributed by atoms with van der Waals surface area (Å²) >= 11 is 0. The van der Waals surface area contributed by atoms with Gasteiger partial charge in [0.05, 0.1) is 10.6 Å². The zero-order valence-electron chi connectivity index (χ0n) is 13.5. The first-order valence-electron chi connectivity index (χ1n) is 7.33. The number of fused-ring (bicyclic) bond motifs is 1. The summed E-state index contributed by atoms with van der Waals surface area (Å²) < 4.78 is 64.2. The van der Waals surface area contributed by atoms with Gasteiger partial charge < -0.3 is 16.2 Å². The molecule has 0 heterocycles. The molecule has 0 spiro atoms. The lowest BCUT2D eigenvalue weighted by Crippen LogP contribution is -2.04. The molecule has 0 bridgehead atoms. The number of rotatable bonds is 4. The summed E-state index contributed by atoms with van der Waals surface area (Å²) in [6.07, 6.45) is 0. The first-order valence-corrected chi connectivity index (χ1v) is 10.2. The van der Waals surface area contributed by atoms with Crippen LogP contribution in [0, 0.1) is 0 Å². The van der Waals surface area contributed by atoms with Gasteiger partial charge in [-0.2, -0.15) is 16.8 Å². The number of aromatic hydroxyl groups is 1. The van der Waals surface area contributed by atoms with E-state index in [0.29, 0.717) is 11.1 Å². The van der Waals surface area contributed by atoms with Gasteiger partial charge in [0.15, 0.2) is 0 Å². The molecule has 0 unspecified atom stereocenters. The van der Waals surface area contributed by atoms with Crippen molar-refractivity contribution in [1.82, 2.24) is 0 Å². The summed E-state index contributed by atoms with van der Waals surface area (Å²) in [6.45, 7) is 0. The lowest BCUT2D eigenvalue weighted by molar-refractivity contribution is 0.471. The maximum atomic E-state index is 11.5. The van der Waals surface area contributed by atoms with Gasteiger partial charge in [-0.1, -0.05) is 0 Å². The van der Waals surface area contributed by atoms with Crippen molar-refractivity contribution < 1.29 is 31.0 Å². The zero-order valence-corrected chi connectivity index (χ0v) is 15.1. The molecule has 0 saturated carbocycles. The van der Waals surface area contributed by atoms with E-state index in [1.807, 2.05) is 0 Å². The van der Waals surface area contributed by atoms with E-state index < -0.39 is 30.0 Å². The number of benzene rings is 3. The number of nitrogens with two attached hydrogens (primary N) is 1. The van der Waals surface area contributed by atoms with Gasteiger partial charge in [0.2, 0.25) is 0 Å². The van der Waals surface area contributed by atoms with Crippen LogP contribution in [0.5, 0.6) is 5.75 Å². The molecule has 9 nitrogen and oxygen atoms in total. The fourth-order valence-electron chi connectivity index (χ4n) is 2.56. The molecule has 0 amide bonds. The maximum Gasteiger partial charge on any atom is 0.296 e. The normalized spacial score (nSPS) is 12.2. The molecule has 0 saturated heterocycles. The highest BCUT2D eigenvalue weighted by atomic mass is 32.2. The number of hydrogen-bond donors (Lipinski definition) is 5. The number of nitrogens with one attached hydrogen (secondary N) is 1. The quantitative estimate of drug-likeness (QED) is 0.320. The van der Waals surface area contributed by atoms with Crippen molar-refractivity contribution in [2.75, 3.05) is 11.1 Å². The van der Waals surface area contributed by atoms with Gasteiger partial charge in [-0.15, -0.1) is 0 Å². The van der Waals surface area contributed by atoms with E-state index in [4.69, 9.17) is 10.3 Å². The molecule has 0 aliphatic heterocycles. The lowest BCUT2D eigenvalue weighted by Gasteiger charge is -2.12. The SMILES string of the molecule is Nc1ccc(Nc2ccc3c(O)cc(S(=O)(=O)O)cc3c2)c(S(=O)(=O)O)c1. The van der Waals surface area contributed by atoms with Gasteiger partial charge >= 0.3 is 0 Å². The predicted octanol–water partition coefficient (Wildman–Crippen LogP) is 2.36. The number of phenolic OH excluding ortho intramolecular Hbond substituents is 1. The fourth-order valence-corrected chi connectivity index (χ4v) is 3.78. The molecule has 0 fully saturated rings. The predicted molar refractivity (Wildman–Crippen MR) is 99.4 cm³/mol. The van der Waals surface area contributed by atoms with Gasteiger partial charge in [-0.3, -0.25) is 9.11 Å². The fraction of sp³-hybridized carbons (Fsp3) is 0. The average Bonchev–Trinajstić information content (AvgIpc) is 2.54. The molecule has 142 valence electrons. The Morgan fingerprint density at radius 1 is 0.852 bits per heavy atom.